The molecule has 5 nitrogen and oxygen atoms in total. The first-order chi connectivity index (χ1) is 7.99. The van der Waals surface area contributed by atoms with Crippen molar-refractivity contribution in [3.63, 3.8) is 0 Å². The highest BCUT2D eigenvalue weighted by atomic mass is 79.9. The fourth-order valence-corrected chi connectivity index (χ4v) is 3.01. The van der Waals surface area contributed by atoms with Crippen LogP contribution in [0.2, 0.25) is 0 Å². The van der Waals surface area contributed by atoms with Gasteiger partial charge in [0.15, 0.2) is 5.03 Å². The van der Waals surface area contributed by atoms with Crippen LogP contribution in [0.4, 0.5) is 5.69 Å². The third-order valence-corrected chi connectivity index (χ3v) is 4.08. The van der Waals surface area contributed by atoms with Crippen LogP contribution >= 0.6 is 15.9 Å². The summed E-state index contributed by atoms with van der Waals surface area (Å²) in [7, 11) is -3.60. The van der Waals surface area contributed by atoms with Crippen molar-refractivity contribution in [2.75, 3.05) is 4.72 Å². The molecule has 2 rings (SSSR count). The number of aromatic nitrogens is 2. The molecule has 7 heteroatoms. The van der Waals surface area contributed by atoms with E-state index in [1.807, 2.05) is 19.1 Å². The molecule has 0 radical (unpaired) electrons. The van der Waals surface area contributed by atoms with Gasteiger partial charge in [-0.1, -0.05) is 6.07 Å². The lowest BCUT2D eigenvalue weighted by atomic mass is 10.2. The summed E-state index contributed by atoms with van der Waals surface area (Å²) in [6.45, 7) is 1.93. The highest BCUT2D eigenvalue weighted by Crippen LogP contribution is 2.25. The first-order valence-electron chi connectivity index (χ1n) is 4.77. The van der Waals surface area contributed by atoms with E-state index in [9.17, 15) is 8.42 Å². The summed E-state index contributed by atoms with van der Waals surface area (Å²) >= 11 is 3.31. The monoisotopic (exact) mass is 315 g/mol. The van der Waals surface area contributed by atoms with Crippen LogP contribution in [0.1, 0.15) is 5.56 Å². The summed E-state index contributed by atoms with van der Waals surface area (Å²) in [5.74, 6) is 0. The number of hydrogen-bond acceptors (Lipinski definition) is 3. The lowest BCUT2D eigenvalue weighted by Crippen LogP contribution is -2.13. The van der Waals surface area contributed by atoms with Crippen molar-refractivity contribution in [2.45, 2.75) is 11.9 Å². The minimum Gasteiger partial charge on any atom is -0.277 e. The Labute approximate surface area is 107 Å². The van der Waals surface area contributed by atoms with Crippen LogP contribution in [0.15, 0.2) is 40.0 Å². The van der Waals surface area contributed by atoms with Crippen LogP contribution < -0.4 is 4.72 Å². The summed E-state index contributed by atoms with van der Waals surface area (Å²) in [4.78, 5) is 0. The van der Waals surface area contributed by atoms with E-state index in [1.165, 1.54) is 12.3 Å². The van der Waals surface area contributed by atoms with E-state index in [4.69, 9.17) is 0 Å². The number of rotatable bonds is 3. The van der Waals surface area contributed by atoms with Crippen LogP contribution in [0.25, 0.3) is 0 Å². The van der Waals surface area contributed by atoms with Crippen LogP contribution in [0.5, 0.6) is 0 Å². The molecule has 0 spiro atoms. The van der Waals surface area contributed by atoms with E-state index in [0.717, 1.165) is 5.56 Å². The number of benzene rings is 1. The third-order valence-electron chi connectivity index (χ3n) is 2.13. The molecule has 1 heterocycles. The van der Waals surface area contributed by atoms with Gasteiger partial charge in [-0.2, -0.15) is 13.5 Å². The normalized spacial score (nSPS) is 11.4. The first kappa shape index (κ1) is 12.1. The van der Waals surface area contributed by atoms with Gasteiger partial charge < -0.3 is 0 Å². The van der Waals surface area contributed by atoms with Crippen molar-refractivity contribution in [2.24, 2.45) is 0 Å². The maximum atomic E-state index is 11.9. The van der Waals surface area contributed by atoms with Crippen LogP contribution in [0.3, 0.4) is 0 Å². The summed E-state index contributed by atoms with van der Waals surface area (Å²) in [6.07, 6.45) is 1.39. The van der Waals surface area contributed by atoms with E-state index in [-0.39, 0.29) is 5.03 Å². The van der Waals surface area contributed by atoms with Gasteiger partial charge in [0.2, 0.25) is 0 Å². The molecule has 1 aromatic heterocycles. The molecule has 90 valence electrons. The highest BCUT2D eigenvalue weighted by Gasteiger charge is 2.16. The molecule has 0 unspecified atom stereocenters. The topological polar surface area (TPSA) is 74.8 Å². The second-order valence-electron chi connectivity index (χ2n) is 3.51. The van der Waals surface area contributed by atoms with Crippen molar-refractivity contribution >= 4 is 31.6 Å². The van der Waals surface area contributed by atoms with E-state index in [0.29, 0.717) is 10.2 Å². The zero-order valence-electron chi connectivity index (χ0n) is 8.94. The van der Waals surface area contributed by atoms with Gasteiger partial charge >= 0.3 is 0 Å². The Kier molecular flexibility index (Phi) is 3.21. The van der Waals surface area contributed by atoms with Crippen molar-refractivity contribution < 1.29 is 8.42 Å². The fraction of sp³-hybridized carbons (Fsp3) is 0.100. The Morgan fingerprint density at radius 3 is 2.71 bits per heavy atom. The smallest absolute Gasteiger partial charge is 0.277 e. The summed E-state index contributed by atoms with van der Waals surface area (Å²) in [5, 5.41) is 6.06. The Morgan fingerprint density at radius 2 is 2.12 bits per heavy atom. The molecular weight excluding hydrogens is 306 g/mol. The molecule has 0 aliphatic carbocycles. The molecule has 17 heavy (non-hydrogen) atoms. The van der Waals surface area contributed by atoms with Gasteiger partial charge in [0, 0.05) is 4.47 Å². The molecule has 0 amide bonds. The number of aromatic amines is 1. The van der Waals surface area contributed by atoms with Gasteiger partial charge in [-0.25, -0.2) is 0 Å². The number of nitrogens with zero attached hydrogens (tertiary/aromatic N) is 1. The maximum absolute atomic E-state index is 11.9. The second kappa shape index (κ2) is 4.50. The Morgan fingerprint density at radius 1 is 1.35 bits per heavy atom. The average Bonchev–Trinajstić information content (AvgIpc) is 2.76. The van der Waals surface area contributed by atoms with Gasteiger partial charge in [0.25, 0.3) is 10.0 Å². The Hall–Kier alpha value is -1.34. The lowest BCUT2D eigenvalue weighted by molar-refractivity contribution is 0.597. The number of anilines is 1. The summed E-state index contributed by atoms with van der Waals surface area (Å²) < 4.78 is 27.0. The van der Waals surface area contributed by atoms with E-state index >= 15 is 0 Å². The zero-order valence-corrected chi connectivity index (χ0v) is 11.3. The minimum absolute atomic E-state index is 0.0324. The molecule has 1 aromatic carbocycles. The van der Waals surface area contributed by atoms with E-state index in [1.54, 1.807) is 6.07 Å². The SMILES string of the molecule is Cc1ccc(NS(=O)(=O)c2ccn[nH]2)c(Br)c1. The highest BCUT2D eigenvalue weighted by molar-refractivity contribution is 9.10. The Bertz CT molecular complexity index is 623. The van der Waals surface area contributed by atoms with Crippen molar-refractivity contribution in [3.05, 3.63) is 40.5 Å². The second-order valence-corrected chi connectivity index (χ2v) is 6.01. The van der Waals surface area contributed by atoms with Gasteiger partial charge in [-0.05, 0) is 46.6 Å². The summed E-state index contributed by atoms with van der Waals surface area (Å²) in [6, 6.07) is 6.76. The molecule has 0 aliphatic rings. The van der Waals surface area contributed by atoms with Crippen LogP contribution in [-0.4, -0.2) is 18.6 Å². The molecule has 2 aromatic rings. The molecule has 0 bridgehead atoms. The maximum Gasteiger partial charge on any atom is 0.278 e. The van der Waals surface area contributed by atoms with Gasteiger partial charge in [-0.15, -0.1) is 0 Å². The van der Waals surface area contributed by atoms with Crippen molar-refractivity contribution in [1.29, 1.82) is 0 Å². The van der Waals surface area contributed by atoms with E-state index in [2.05, 4.69) is 30.8 Å². The van der Waals surface area contributed by atoms with Crippen LogP contribution in [0, 0.1) is 6.92 Å². The average molecular weight is 316 g/mol. The molecule has 0 aliphatic heterocycles. The standard InChI is InChI=1S/C10H10BrN3O2S/c1-7-2-3-9(8(11)6-7)14-17(15,16)10-4-5-12-13-10/h2-6,14H,1H3,(H,12,13). The van der Waals surface area contributed by atoms with Crippen molar-refractivity contribution in [1.82, 2.24) is 10.2 Å². The molecule has 2 N–H and O–H groups in total. The predicted octanol–water partition coefficient (Wildman–Crippen LogP) is 2.28. The van der Waals surface area contributed by atoms with Gasteiger partial charge in [0.1, 0.15) is 0 Å². The van der Waals surface area contributed by atoms with Gasteiger partial charge in [0.05, 0.1) is 11.9 Å². The summed E-state index contributed by atoms with van der Waals surface area (Å²) in [5.41, 5.74) is 1.53. The number of halogens is 1. The zero-order chi connectivity index (χ0) is 12.5. The largest absolute Gasteiger partial charge is 0.278 e. The van der Waals surface area contributed by atoms with Gasteiger partial charge in [-0.3, -0.25) is 9.82 Å². The molecule has 0 atom stereocenters. The number of hydrogen-bond donors (Lipinski definition) is 2. The predicted molar refractivity (Wildman–Crippen MR) is 68.3 cm³/mol. The molecular formula is C10H10BrN3O2S. The van der Waals surface area contributed by atoms with E-state index < -0.39 is 10.0 Å². The number of aryl methyl sites for hydroxylation is 1. The number of H-pyrrole nitrogens is 1. The fourth-order valence-electron chi connectivity index (χ4n) is 1.30. The molecule has 0 saturated heterocycles. The Balaban J connectivity index is 2.33. The third kappa shape index (κ3) is 2.67. The lowest BCUT2D eigenvalue weighted by Gasteiger charge is -2.08. The number of sulfonamides is 1. The quantitative estimate of drug-likeness (QED) is 0.912. The van der Waals surface area contributed by atoms with Crippen LogP contribution in [-0.2, 0) is 10.0 Å². The minimum atomic E-state index is -3.60. The van der Waals surface area contributed by atoms with Crippen molar-refractivity contribution in [3.8, 4) is 0 Å². The molecule has 0 saturated carbocycles. The first-order valence-corrected chi connectivity index (χ1v) is 7.05. The molecule has 0 fully saturated rings. The number of nitrogens with one attached hydrogen (secondary N) is 2.